The molecule has 0 fully saturated rings. The molecule has 0 spiro atoms. The van der Waals surface area contributed by atoms with Crippen LogP contribution in [0, 0.1) is 0 Å². The number of halogens is 5. The lowest BCUT2D eigenvalue weighted by atomic mass is 10.0. The van der Waals surface area contributed by atoms with E-state index in [-0.39, 0.29) is 17.4 Å². The van der Waals surface area contributed by atoms with Gasteiger partial charge in [-0.25, -0.2) is 0 Å². The molecule has 0 heterocycles. The van der Waals surface area contributed by atoms with Gasteiger partial charge in [-0.3, -0.25) is 0 Å². The van der Waals surface area contributed by atoms with Crippen molar-refractivity contribution in [2.24, 2.45) is 5.73 Å². The number of alkyl halides is 3. The summed E-state index contributed by atoms with van der Waals surface area (Å²) in [5.41, 5.74) is 5.17. The predicted octanol–water partition coefficient (Wildman–Crippen LogP) is 4.19. The summed E-state index contributed by atoms with van der Waals surface area (Å²) < 4.78 is 37.4. The highest BCUT2D eigenvalue weighted by molar-refractivity contribution is 6.32. The van der Waals surface area contributed by atoms with Crippen molar-refractivity contribution in [3.8, 4) is 0 Å². The summed E-state index contributed by atoms with van der Waals surface area (Å²) in [6.07, 6.45) is -3.89. The molecule has 1 atom stereocenters. The quantitative estimate of drug-likeness (QED) is 0.859. The molecule has 0 bridgehead atoms. The van der Waals surface area contributed by atoms with E-state index < -0.39 is 17.8 Å². The van der Waals surface area contributed by atoms with Gasteiger partial charge >= 0.3 is 6.18 Å². The summed E-state index contributed by atoms with van der Waals surface area (Å²) in [6, 6.07) is 3.33. The van der Waals surface area contributed by atoms with Crippen LogP contribution in [0.3, 0.4) is 0 Å². The van der Waals surface area contributed by atoms with E-state index in [1.54, 1.807) is 6.92 Å². The Labute approximate surface area is 103 Å². The fourth-order valence-electron chi connectivity index (χ4n) is 1.28. The second kappa shape index (κ2) is 5.75. The summed E-state index contributed by atoms with van der Waals surface area (Å²) in [5, 5.41) is -0.292. The molecule has 92 valence electrons. The van der Waals surface area contributed by atoms with Gasteiger partial charge < -0.3 is 5.73 Å². The molecule has 0 aliphatic heterocycles. The number of benzene rings is 1. The van der Waals surface area contributed by atoms with Crippen LogP contribution >= 0.6 is 24.0 Å². The van der Waals surface area contributed by atoms with E-state index in [1.807, 2.05) is 0 Å². The van der Waals surface area contributed by atoms with E-state index >= 15 is 0 Å². The minimum absolute atomic E-state index is 0. The SMILES string of the molecule is CC[C@H](N)c1cccc(C(F)(F)F)c1Cl.Cl. The third-order valence-electron chi connectivity index (χ3n) is 2.17. The Morgan fingerprint density at radius 1 is 1.38 bits per heavy atom. The van der Waals surface area contributed by atoms with Crippen LogP contribution in [-0.4, -0.2) is 0 Å². The molecule has 2 N–H and O–H groups in total. The Morgan fingerprint density at radius 3 is 2.38 bits per heavy atom. The molecule has 1 nitrogen and oxygen atoms in total. The monoisotopic (exact) mass is 273 g/mol. The van der Waals surface area contributed by atoms with Gasteiger partial charge in [0.15, 0.2) is 0 Å². The van der Waals surface area contributed by atoms with E-state index in [2.05, 4.69) is 0 Å². The lowest BCUT2D eigenvalue weighted by molar-refractivity contribution is -0.137. The van der Waals surface area contributed by atoms with Crippen molar-refractivity contribution < 1.29 is 13.2 Å². The number of nitrogens with two attached hydrogens (primary N) is 1. The maximum Gasteiger partial charge on any atom is 0.417 e. The maximum atomic E-state index is 12.5. The Bertz CT molecular complexity index is 352. The van der Waals surface area contributed by atoms with Crippen molar-refractivity contribution in [3.05, 3.63) is 34.3 Å². The molecule has 1 rings (SSSR count). The average molecular weight is 274 g/mol. The van der Waals surface area contributed by atoms with Crippen LogP contribution in [0.25, 0.3) is 0 Å². The van der Waals surface area contributed by atoms with Crippen LogP contribution in [0.2, 0.25) is 5.02 Å². The topological polar surface area (TPSA) is 26.0 Å². The molecule has 0 unspecified atom stereocenters. The first-order chi connectivity index (χ1) is 6.88. The van der Waals surface area contributed by atoms with Gasteiger partial charge in [-0.05, 0) is 18.1 Å². The van der Waals surface area contributed by atoms with Gasteiger partial charge in [0, 0.05) is 6.04 Å². The molecule has 6 heteroatoms. The third-order valence-corrected chi connectivity index (χ3v) is 2.60. The van der Waals surface area contributed by atoms with Crippen LogP contribution in [0.1, 0.15) is 30.5 Å². The van der Waals surface area contributed by atoms with E-state index in [4.69, 9.17) is 17.3 Å². The lowest BCUT2D eigenvalue weighted by Crippen LogP contribution is -2.13. The zero-order valence-corrected chi connectivity index (χ0v) is 10.1. The first kappa shape index (κ1) is 15.5. The average Bonchev–Trinajstić information content (AvgIpc) is 2.15. The van der Waals surface area contributed by atoms with Crippen LogP contribution in [0.4, 0.5) is 13.2 Å². The Hall–Kier alpha value is -0.450. The van der Waals surface area contributed by atoms with Crippen molar-refractivity contribution in [3.63, 3.8) is 0 Å². The Kier molecular flexibility index (Phi) is 5.59. The zero-order chi connectivity index (χ0) is 11.6. The van der Waals surface area contributed by atoms with E-state index in [9.17, 15) is 13.2 Å². The first-order valence-electron chi connectivity index (χ1n) is 4.49. The van der Waals surface area contributed by atoms with Gasteiger partial charge in [-0.1, -0.05) is 30.7 Å². The molecule has 0 aromatic heterocycles. The zero-order valence-electron chi connectivity index (χ0n) is 8.51. The molecule has 0 aliphatic rings. The summed E-state index contributed by atoms with van der Waals surface area (Å²) in [4.78, 5) is 0. The number of hydrogen-bond acceptors (Lipinski definition) is 1. The molecule has 16 heavy (non-hydrogen) atoms. The van der Waals surface area contributed by atoms with Crippen molar-refractivity contribution in [1.29, 1.82) is 0 Å². The van der Waals surface area contributed by atoms with Gasteiger partial charge in [0.25, 0.3) is 0 Å². The van der Waals surface area contributed by atoms with Crippen LogP contribution in [0.5, 0.6) is 0 Å². The van der Waals surface area contributed by atoms with Gasteiger partial charge in [0.05, 0.1) is 10.6 Å². The van der Waals surface area contributed by atoms with Crippen LogP contribution in [0.15, 0.2) is 18.2 Å². The fourth-order valence-corrected chi connectivity index (χ4v) is 1.65. The standard InChI is InChI=1S/C10H11ClF3N.ClH/c1-2-8(15)6-4-3-5-7(9(6)11)10(12,13)14;/h3-5,8H,2,15H2,1H3;1H/t8-;/m0./s1. The minimum Gasteiger partial charge on any atom is -0.324 e. The largest absolute Gasteiger partial charge is 0.417 e. The Morgan fingerprint density at radius 2 is 1.94 bits per heavy atom. The second-order valence-corrected chi connectivity index (χ2v) is 3.60. The van der Waals surface area contributed by atoms with E-state index in [0.717, 1.165) is 6.07 Å². The number of hydrogen-bond donors (Lipinski definition) is 1. The maximum absolute atomic E-state index is 12.5. The van der Waals surface area contributed by atoms with Gasteiger partial charge in [-0.2, -0.15) is 13.2 Å². The van der Waals surface area contributed by atoms with Crippen molar-refractivity contribution in [2.45, 2.75) is 25.6 Å². The summed E-state index contributed by atoms with van der Waals surface area (Å²) in [7, 11) is 0. The summed E-state index contributed by atoms with van der Waals surface area (Å²) >= 11 is 5.67. The molecule has 0 aliphatic carbocycles. The first-order valence-corrected chi connectivity index (χ1v) is 4.87. The van der Waals surface area contributed by atoms with Crippen LogP contribution in [-0.2, 0) is 6.18 Å². The smallest absolute Gasteiger partial charge is 0.324 e. The highest BCUT2D eigenvalue weighted by Crippen LogP contribution is 2.37. The molecular weight excluding hydrogens is 262 g/mol. The normalized spacial score (nSPS) is 13.1. The predicted molar refractivity (Wildman–Crippen MR) is 60.9 cm³/mol. The van der Waals surface area contributed by atoms with Gasteiger partial charge in [-0.15, -0.1) is 12.4 Å². The highest BCUT2D eigenvalue weighted by Gasteiger charge is 2.34. The van der Waals surface area contributed by atoms with Crippen molar-refractivity contribution in [2.75, 3.05) is 0 Å². The molecule has 1 aromatic carbocycles. The Balaban J connectivity index is 0.00000225. The molecule has 0 amide bonds. The fraction of sp³-hybridized carbons (Fsp3) is 0.400. The lowest BCUT2D eigenvalue weighted by Gasteiger charge is -2.15. The molecule has 0 saturated heterocycles. The number of rotatable bonds is 2. The van der Waals surface area contributed by atoms with E-state index in [1.165, 1.54) is 12.1 Å². The van der Waals surface area contributed by atoms with Crippen LogP contribution < -0.4 is 5.73 Å². The second-order valence-electron chi connectivity index (χ2n) is 3.22. The minimum atomic E-state index is -4.43. The molecule has 0 saturated carbocycles. The molecular formula is C10H12Cl2F3N. The summed E-state index contributed by atoms with van der Waals surface area (Å²) in [5.74, 6) is 0. The van der Waals surface area contributed by atoms with E-state index in [0.29, 0.717) is 12.0 Å². The van der Waals surface area contributed by atoms with Crippen molar-refractivity contribution in [1.82, 2.24) is 0 Å². The van der Waals surface area contributed by atoms with Gasteiger partial charge in [0.2, 0.25) is 0 Å². The molecule has 0 radical (unpaired) electrons. The molecule has 1 aromatic rings. The third kappa shape index (κ3) is 3.27. The van der Waals surface area contributed by atoms with Crippen molar-refractivity contribution >= 4 is 24.0 Å². The van der Waals surface area contributed by atoms with Gasteiger partial charge in [0.1, 0.15) is 0 Å². The summed E-state index contributed by atoms with van der Waals surface area (Å²) in [6.45, 7) is 1.79. The highest BCUT2D eigenvalue weighted by atomic mass is 35.5.